The van der Waals surface area contributed by atoms with Gasteiger partial charge in [0.2, 0.25) is 0 Å². The lowest BCUT2D eigenvalue weighted by Crippen LogP contribution is -2.48. The molecular formula is C19H22N2O3. The summed E-state index contributed by atoms with van der Waals surface area (Å²) < 4.78 is 11.2. The molecule has 0 spiro atoms. The minimum absolute atomic E-state index is 0.0321. The van der Waals surface area contributed by atoms with Crippen molar-refractivity contribution >= 4 is 5.91 Å². The van der Waals surface area contributed by atoms with E-state index in [4.69, 9.17) is 9.47 Å². The van der Waals surface area contributed by atoms with Gasteiger partial charge < -0.3 is 20.1 Å². The summed E-state index contributed by atoms with van der Waals surface area (Å²) in [6, 6.07) is 17.3. The zero-order valence-corrected chi connectivity index (χ0v) is 13.5. The number of ether oxygens (including phenoxy) is 2. The van der Waals surface area contributed by atoms with Crippen LogP contribution in [0.15, 0.2) is 54.6 Å². The summed E-state index contributed by atoms with van der Waals surface area (Å²) in [5.74, 6) is 1.89. The summed E-state index contributed by atoms with van der Waals surface area (Å²) in [6.45, 7) is 3.22. The van der Waals surface area contributed by atoms with Crippen molar-refractivity contribution in [1.29, 1.82) is 0 Å². The number of hydrogen-bond donors (Lipinski definition) is 2. The lowest BCUT2D eigenvalue weighted by atomic mass is 10.0. The van der Waals surface area contributed by atoms with Gasteiger partial charge in [-0.25, -0.2) is 0 Å². The first kappa shape index (κ1) is 16.3. The van der Waals surface area contributed by atoms with E-state index in [0.717, 1.165) is 24.4 Å². The SMILES string of the molecule is O=C(COc1ccc(OCc2ccccc2)cc1)NCC1CNC1. The molecule has 3 rings (SSSR count). The minimum atomic E-state index is -0.0914. The Morgan fingerprint density at radius 3 is 2.29 bits per heavy atom. The van der Waals surface area contributed by atoms with Crippen molar-refractivity contribution in [3.05, 3.63) is 60.2 Å². The average Bonchev–Trinajstić information content (AvgIpc) is 2.58. The van der Waals surface area contributed by atoms with Crippen LogP contribution in [0.1, 0.15) is 5.56 Å². The van der Waals surface area contributed by atoms with Crippen LogP contribution in [-0.4, -0.2) is 32.1 Å². The molecule has 2 aromatic carbocycles. The van der Waals surface area contributed by atoms with Crippen molar-refractivity contribution in [2.24, 2.45) is 5.92 Å². The van der Waals surface area contributed by atoms with Crippen LogP contribution in [0.2, 0.25) is 0 Å². The Balaban J connectivity index is 1.38. The van der Waals surface area contributed by atoms with Gasteiger partial charge in [0.05, 0.1) is 0 Å². The van der Waals surface area contributed by atoms with E-state index in [1.54, 1.807) is 0 Å². The van der Waals surface area contributed by atoms with Gasteiger partial charge in [-0.3, -0.25) is 4.79 Å². The lowest BCUT2D eigenvalue weighted by molar-refractivity contribution is -0.123. The molecule has 0 aliphatic carbocycles. The second kappa shape index (κ2) is 8.36. The van der Waals surface area contributed by atoms with Crippen LogP contribution in [0.3, 0.4) is 0 Å². The maximum atomic E-state index is 11.7. The van der Waals surface area contributed by atoms with E-state index in [1.165, 1.54) is 0 Å². The van der Waals surface area contributed by atoms with E-state index >= 15 is 0 Å². The van der Waals surface area contributed by atoms with Gasteiger partial charge in [0.1, 0.15) is 18.1 Å². The first-order valence-corrected chi connectivity index (χ1v) is 8.16. The van der Waals surface area contributed by atoms with Crippen molar-refractivity contribution in [3.63, 3.8) is 0 Å². The molecule has 5 heteroatoms. The van der Waals surface area contributed by atoms with Crippen LogP contribution in [-0.2, 0) is 11.4 Å². The highest BCUT2D eigenvalue weighted by molar-refractivity contribution is 5.77. The molecule has 1 saturated heterocycles. The Labute approximate surface area is 142 Å². The fraction of sp³-hybridized carbons (Fsp3) is 0.316. The van der Waals surface area contributed by atoms with Gasteiger partial charge in [-0.2, -0.15) is 0 Å². The van der Waals surface area contributed by atoms with Crippen LogP contribution in [0.25, 0.3) is 0 Å². The van der Waals surface area contributed by atoms with Crippen LogP contribution in [0, 0.1) is 5.92 Å². The molecule has 2 N–H and O–H groups in total. The molecule has 126 valence electrons. The summed E-state index contributed by atoms with van der Waals surface area (Å²) in [7, 11) is 0. The molecule has 0 saturated carbocycles. The van der Waals surface area contributed by atoms with Crippen molar-refractivity contribution < 1.29 is 14.3 Å². The predicted octanol–water partition coefficient (Wildman–Crippen LogP) is 1.98. The number of rotatable bonds is 8. The highest BCUT2D eigenvalue weighted by Gasteiger charge is 2.17. The number of carbonyl (C=O) groups excluding carboxylic acids is 1. The van der Waals surface area contributed by atoms with E-state index in [9.17, 15) is 4.79 Å². The van der Waals surface area contributed by atoms with E-state index in [0.29, 0.717) is 24.8 Å². The van der Waals surface area contributed by atoms with Crippen LogP contribution in [0.5, 0.6) is 11.5 Å². The molecule has 24 heavy (non-hydrogen) atoms. The number of benzene rings is 2. The summed E-state index contributed by atoms with van der Waals surface area (Å²) in [5.41, 5.74) is 1.12. The number of carbonyl (C=O) groups is 1. The summed E-state index contributed by atoms with van der Waals surface area (Å²) in [4.78, 5) is 11.7. The predicted molar refractivity (Wildman–Crippen MR) is 92.1 cm³/mol. The molecule has 0 atom stereocenters. The highest BCUT2D eigenvalue weighted by atomic mass is 16.5. The van der Waals surface area contributed by atoms with Gasteiger partial charge in [-0.15, -0.1) is 0 Å². The molecule has 5 nitrogen and oxygen atoms in total. The fourth-order valence-electron chi connectivity index (χ4n) is 2.32. The van der Waals surface area contributed by atoms with Crippen molar-refractivity contribution in [1.82, 2.24) is 10.6 Å². The van der Waals surface area contributed by atoms with Crippen molar-refractivity contribution in [3.8, 4) is 11.5 Å². The first-order chi connectivity index (χ1) is 11.8. The quantitative estimate of drug-likeness (QED) is 0.779. The molecule has 0 radical (unpaired) electrons. The first-order valence-electron chi connectivity index (χ1n) is 8.16. The standard InChI is InChI=1S/C19H22N2O3/c22-19(21-12-16-10-20-11-16)14-24-18-8-6-17(7-9-18)23-13-15-4-2-1-3-5-15/h1-9,16,20H,10-14H2,(H,21,22). The molecular weight excluding hydrogens is 304 g/mol. The summed E-state index contributed by atoms with van der Waals surface area (Å²) in [5, 5.41) is 6.05. The van der Waals surface area contributed by atoms with Crippen molar-refractivity contribution in [2.45, 2.75) is 6.61 Å². The van der Waals surface area contributed by atoms with Gasteiger partial charge in [-0.1, -0.05) is 30.3 Å². The maximum Gasteiger partial charge on any atom is 0.257 e. The van der Waals surface area contributed by atoms with Gasteiger partial charge in [0.25, 0.3) is 5.91 Å². The monoisotopic (exact) mass is 326 g/mol. The van der Waals surface area contributed by atoms with Crippen molar-refractivity contribution in [2.75, 3.05) is 26.2 Å². The second-order valence-electron chi connectivity index (χ2n) is 5.86. The largest absolute Gasteiger partial charge is 0.489 e. The summed E-state index contributed by atoms with van der Waals surface area (Å²) >= 11 is 0. The van der Waals surface area contributed by atoms with E-state index in [-0.39, 0.29) is 12.5 Å². The maximum absolute atomic E-state index is 11.7. The topological polar surface area (TPSA) is 59.6 Å². The normalized spacial score (nSPS) is 13.8. The third kappa shape index (κ3) is 4.99. The molecule has 0 bridgehead atoms. The van der Waals surface area contributed by atoms with Crippen LogP contribution < -0.4 is 20.1 Å². The van der Waals surface area contributed by atoms with Crippen LogP contribution >= 0.6 is 0 Å². The molecule has 1 fully saturated rings. The number of hydrogen-bond acceptors (Lipinski definition) is 4. The van der Waals surface area contributed by atoms with Crippen LogP contribution in [0.4, 0.5) is 0 Å². The number of nitrogens with one attached hydrogen (secondary N) is 2. The Morgan fingerprint density at radius 1 is 1.00 bits per heavy atom. The van der Waals surface area contributed by atoms with E-state index in [1.807, 2.05) is 54.6 Å². The number of amides is 1. The molecule has 0 aromatic heterocycles. The molecule has 1 aliphatic rings. The molecule has 1 amide bonds. The van der Waals surface area contributed by atoms with Gasteiger partial charge in [0.15, 0.2) is 6.61 Å². The molecule has 2 aromatic rings. The minimum Gasteiger partial charge on any atom is -0.489 e. The smallest absolute Gasteiger partial charge is 0.257 e. The Bertz CT molecular complexity index is 639. The summed E-state index contributed by atoms with van der Waals surface area (Å²) in [6.07, 6.45) is 0. The molecule has 1 aliphatic heterocycles. The van der Waals surface area contributed by atoms with Gasteiger partial charge in [-0.05, 0) is 29.8 Å². The third-order valence-corrected chi connectivity index (χ3v) is 3.90. The second-order valence-corrected chi connectivity index (χ2v) is 5.86. The zero-order chi connectivity index (χ0) is 16.6. The lowest BCUT2D eigenvalue weighted by Gasteiger charge is -2.27. The van der Waals surface area contributed by atoms with Gasteiger partial charge in [0, 0.05) is 25.6 Å². The zero-order valence-electron chi connectivity index (χ0n) is 13.5. The van der Waals surface area contributed by atoms with E-state index < -0.39 is 0 Å². The Kier molecular flexibility index (Phi) is 5.69. The van der Waals surface area contributed by atoms with E-state index in [2.05, 4.69) is 10.6 Å². The Morgan fingerprint density at radius 2 is 1.67 bits per heavy atom. The van der Waals surface area contributed by atoms with Gasteiger partial charge >= 0.3 is 0 Å². The molecule has 1 heterocycles. The fourth-order valence-corrected chi connectivity index (χ4v) is 2.32. The Hall–Kier alpha value is -2.53. The average molecular weight is 326 g/mol. The third-order valence-electron chi connectivity index (χ3n) is 3.90. The highest BCUT2D eigenvalue weighted by Crippen LogP contribution is 2.18. The molecule has 0 unspecified atom stereocenters.